The molecule has 11 N–H and O–H groups in total. The molecule has 3 aliphatic rings. The SMILES string of the molecule is CC(=O)N[C@H](CC(C)C)C(=O)N[C@@H](Cc1ccc(OCc2ccccc2)cc1)C(=O)N[C@@H](CC(=O)OC(C)(C)C)C(=O)NCCOCCN=[N+]=[N-].CC(=O)OC(C)=O.CC(C)(C)OC(=O)C[C@@H]1NC(=O)OC1=O.CC(C)C[C@H]1NC(=O)OC1=O.O=C(O)C(F)(F)F.O=C1N[C@@H](Cc2ccc(OCc3ccccc3)cc2)C(=O)O1.[N-]=[N+]=NCCOCC[NH3+]. The number of hydrogen-bond acceptors (Lipinski definition) is 27. The van der Waals surface area contributed by atoms with Gasteiger partial charge in [-0.15, -0.1) is 0 Å². The van der Waals surface area contributed by atoms with Gasteiger partial charge in [-0.25, -0.2) is 33.6 Å². The molecule has 4 aromatic carbocycles. The quantitative estimate of drug-likeness (QED) is 0.00416. The zero-order chi connectivity index (χ0) is 92.1. The second kappa shape index (κ2) is 57.2. The molecular formula is C79H108F3N14O26+. The molecule has 3 aliphatic heterocycles. The van der Waals surface area contributed by atoms with Crippen LogP contribution >= 0.6 is 0 Å². The van der Waals surface area contributed by atoms with Gasteiger partial charge in [-0.1, -0.05) is 123 Å². The van der Waals surface area contributed by atoms with Crippen molar-refractivity contribution in [1.82, 2.24) is 37.2 Å². The molecule has 670 valence electrons. The zero-order valence-electron chi connectivity index (χ0n) is 70.0. The fourth-order valence-corrected chi connectivity index (χ4v) is 9.66. The number of carbonyl (C=O) groups is 15. The summed E-state index contributed by atoms with van der Waals surface area (Å²) in [7, 11) is 0. The van der Waals surface area contributed by atoms with E-state index in [0.29, 0.717) is 69.5 Å². The Morgan fingerprint density at radius 1 is 0.533 bits per heavy atom. The lowest BCUT2D eigenvalue weighted by Gasteiger charge is -2.26. The van der Waals surface area contributed by atoms with Crippen molar-refractivity contribution in [3.8, 4) is 11.5 Å². The molecule has 0 saturated carbocycles. The molecule has 0 aliphatic carbocycles. The van der Waals surface area contributed by atoms with Crippen molar-refractivity contribution in [2.75, 3.05) is 52.6 Å². The summed E-state index contributed by atoms with van der Waals surface area (Å²) in [6.07, 6.45) is -6.52. The Labute approximate surface area is 701 Å². The highest BCUT2D eigenvalue weighted by Gasteiger charge is 2.39. The van der Waals surface area contributed by atoms with Crippen LogP contribution < -0.4 is 52.4 Å². The van der Waals surface area contributed by atoms with Crippen LogP contribution in [-0.4, -0.2) is 201 Å². The first-order valence-corrected chi connectivity index (χ1v) is 37.9. The molecule has 4 aromatic rings. The van der Waals surface area contributed by atoms with Crippen LogP contribution in [0.25, 0.3) is 20.9 Å². The highest BCUT2D eigenvalue weighted by atomic mass is 19.4. The topological polar surface area (TPSA) is 578 Å². The number of rotatable bonds is 35. The number of nitrogens with one attached hydrogen (secondary N) is 7. The van der Waals surface area contributed by atoms with Gasteiger partial charge in [-0.3, -0.25) is 38.4 Å². The number of alkyl halides is 3. The average Bonchev–Trinajstić information content (AvgIpc) is 1.83. The molecule has 0 aromatic heterocycles. The van der Waals surface area contributed by atoms with Crippen molar-refractivity contribution >= 4 is 89.7 Å². The molecule has 40 nitrogen and oxygen atoms in total. The van der Waals surface area contributed by atoms with Gasteiger partial charge < -0.3 is 95.4 Å². The first-order valence-electron chi connectivity index (χ1n) is 37.9. The maximum Gasteiger partial charge on any atom is 0.490 e. The molecule has 6 atom stereocenters. The van der Waals surface area contributed by atoms with Crippen molar-refractivity contribution in [2.24, 2.45) is 22.1 Å². The number of carbonyl (C=O) groups excluding carboxylic acids is 14. The standard InChI is InChI=1S/C36H51N7O8.C17H15NO4.C9H13NO5.C7H11NO3.C4H10N4O.C4H6O3.C2HF3O2/c1-24(2)20-29(40-25(3)44)34(47)41-30(21-26-12-14-28(15-13-26)50-23-27-10-8-7-9-11-27)35(48)42-31(22-32(45)51-36(4,5)6)33(46)38-16-18-49-19-17-39-43-37;19-16-15(18-17(20)22-16)10-12-6-8-14(9-7-12)21-11-13-4-2-1-3-5-13;1-9(2,3)15-6(11)4-5-7(12)14-8(13)10-5;1-4(2)3-5-6(9)11-7(10)8-5;5-1-3-9-4-2-7-8-6;1-3(5)7-4(2)6;3-2(4,5)1(6)7/h7-15,24,29-31H,16-23H2,1-6H3,(H,38,46)(H,40,44)(H,41,47)(H,42,48);1-9,15H,10-11H2,(H,18,20);5H,4H2,1-3H3,(H,10,13);4-5H,3H2,1-2H3,(H,8,10);1-5H2;1-2H3;(H,6,7)/p+1/t29-,30+,31+;15-;2*5-;;;/m1001.../s1. The van der Waals surface area contributed by atoms with Gasteiger partial charge >= 0.3 is 72.2 Å². The van der Waals surface area contributed by atoms with E-state index in [4.69, 9.17) is 49.4 Å². The molecule has 0 unspecified atom stereocenters. The number of hydrogen-bond donors (Lipinski definition) is 9. The van der Waals surface area contributed by atoms with Crippen LogP contribution in [0.15, 0.2) is 119 Å². The Kier molecular flexibility index (Phi) is 50.2. The van der Waals surface area contributed by atoms with E-state index in [1.165, 1.54) is 20.8 Å². The van der Waals surface area contributed by atoms with Crippen molar-refractivity contribution in [2.45, 2.75) is 195 Å². The number of nitrogens with zero attached hydrogens (tertiary/aromatic N) is 6. The second-order valence-electron chi connectivity index (χ2n) is 28.8. The number of esters is 7. The molecule has 0 spiro atoms. The summed E-state index contributed by atoms with van der Waals surface area (Å²) in [4.78, 5) is 176. The van der Waals surface area contributed by atoms with Crippen molar-refractivity contribution in [3.05, 3.63) is 152 Å². The largest absolute Gasteiger partial charge is 0.490 e. The smallest absolute Gasteiger partial charge is 0.489 e. The van der Waals surface area contributed by atoms with E-state index >= 15 is 0 Å². The number of aliphatic carboxylic acids is 1. The second-order valence-corrected chi connectivity index (χ2v) is 28.8. The van der Waals surface area contributed by atoms with Crippen LogP contribution in [0.2, 0.25) is 0 Å². The van der Waals surface area contributed by atoms with Crippen LogP contribution in [0.4, 0.5) is 27.6 Å². The predicted molar refractivity (Wildman–Crippen MR) is 425 cm³/mol. The fraction of sp³-hybridized carbons (Fsp3) is 0.506. The van der Waals surface area contributed by atoms with Crippen LogP contribution in [0.1, 0.15) is 138 Å². The molecule has 7 rings (SSSR count). The number of azide groups is 2. The molecule has 0 radical (unpaired) electrons. The minimum atomic E-state index is -5.08. The summed E-state index contributed by atoms with van der Waals surface area (Å²) >= 11 is 0. The summed E-state index contributed by atoms with van der Waals surface area (Å²) in [5.41, 5.74) is 22.0. The van der Waals surface area contributed by atoms with Gasteiger partial charge in [0.05, 0.1) is 45.8 Å². The van der Waals surface area contributed by atoms with Gasteiger partial charge in [-0.2, -0.15) is 13.2 Å². The van der Waals surface area contributed by atoms with Gasteiger partial charge in [0, 0.05) is 63.1 Å². The lowest BCUT2D eigenvalue weighted by Crippen LogP contribution is -2.58. The normalized spacial score (nSPS) is 14.8. The maximum absolute atomic E-state index is 13.9. The third kappa shape index (κ3) is 52.1. The molecule has 3 fully saturated rings. The number of carboxylic acid groups (broad SMARTS) is 1. The third-order valence-electron chi connectivity index (χ3n) is 14.7. The van der Waals surface area contributed by atoms with Gasteiger partial charge in [-0.05, 0) is 124 Å². The van der Waals surface area contributed by atoms with E-state index in [-0.39, 0.29) is 45.1 Å². The summed E-state index contributed by atoms with van der Waals surface area (Å²) in [5, 5.41) is 31.5. The maximum atomic E-state index is 13.9. The number of cyclic esters (lactones) is 6. The highest BCUT2D eigenvalue weighted by Crippen LogP contribution is 2.21. The van der Waals surface area contributed by atoms with Gasteiger partial charge in [0.25, 0.3) is 0 Å². The first kappa shape index (κ1) is 107. The van der Waals surface area contributed by atoms with Gasteiger partial charge in [0.1, 0.15) is 72.2 Å². The van der Waals surface area contributed by atoms with Crippen LogP contribution in [-0.2, 0) is 121 Å². The Balaban J connectivity index is 0.000000846. The lowest BCUT2D eigenvalue weighted by atomic mass is 10.0. The van der Waals surface area contributed by atoms with Crippen molar-refractivity contribution in [3.63, 3.8) is 0 Å². The molecular weight excluding hydrogens is 1620 g/mol. The Hall–Kier alpha value is -13.0. The number of benzene rings is 4. The molecule has 7 amide bonds. The van der Waals surface area contributed by atoms with Crippen LogP contribution in [0.3, 0.4) is 0 Å². The van der Waals surface area contributed by atoms with Crippen molar-refractivity contribution in [1.29, 1.82) is 0 Å². The Morgan fingerprint density at radius 3 is 1.34 bits per heavy atom. The minimum Gasteiger partial charge on any atom is -0.489 e. The Morgan fingerprint density at radius 2 is 0.951 bits per heavy atom. The lowest BCUT2D eigenvalue weighted by molar-refractivity contribution is -0.374. The van der Waals surface area contributed by atoms with E-state index in [1.807, 2.05) is 113 Å². The third-order valence-corrected chi connectivity index (χ3v) is 14.7. The fourth-order valence-electron chi connectivity index (χ4n) is 9.66. The van der Waals surface area contributed by atoms with Gasteiger partial charge in [0.2, 0.25) is 23.6 Å². The molecule has 0 bridgehead atoms. The van der Waals surface area contributed by atoms with E-state index < -0.39 is 150 Å². The van der Waals surface area contributed by atoms with Crippen LogP contribution in [0, 0.1) is 11.8 Å². The number of amides is 7. The minimum absolute atomic E-state index is 0.0187. The van der Waals surface area contributed by atoms with E-state index in [0.717, 1.165) is 29.0 Å². The summed E-state index contributed by atoms with van der Waals surface area (Å²) in [6, 6.07) is 28.6. The number of ether oxygens (including phenoxy) is 10. The molecule has 43 heteroatoms. The number of quaternary nitrogens is 1. The van der Waals surface area contributed by atoms with Gasteiger partial charge in [0.15, 0.2) is 0 Å². The predicted octanol–water partition coefficient (Wildman–Crippen LogP) is 7.25. The zero-order valence-corrected chi connectivity index (χ0v) is 70.0. The molecule has 122 heavy (non-hydrogen) atoms. The number of alkyl carbamates (subject to hydrolysis) is 3. The van der Waals surface area contributed by atoms with E-state index in [9.17, 15) is 80.3 Å². The number of halogens is 3. The summed E-state index contributed by atoms with van der Waals surface area (Å²) in [5.74, 6) is -7.48. The number of carboxylic acids is 1. The van der Waals surface area contributed by atoms with Crippen molar-refractivity contribution < 1.29 is 143 Å². The summed E-state index contributed by atoms with van der Waals surface area (Å²) < 4.78 is 80.9. The summed E-state index contributed by atoms with van der Waals surface area (Å²) in [6.45, 7) is 25.2. The molecule has 3 saturated heterocycles. The van der Waals surface area contributed by atoms with E-state index in [1.54, 1.807) is 65.8 Å². The molecule has 3 heterocycles. The van der Waals surface area contributed by atoms with Crippen LogP contribution in [0.5, 0.6) is 11.5 Å². The monoisotopic (exact) mass is 1730 g/mol. The van der Waals surface area contributed by atoms with E-state index in [2.05, 4.69) is 82.0 Å². The first-order chi connectivity index (χ1) is 57.2. The highest BCUT2D eigenvalue weighted by molar-refractivity contribution is 5.98. The average molecular weight is 1730 g/mol. The Bertz CT molecular complexity index is 4130.